The average molecular weight is 182 g/mol. The zero-order chi connectivity index (χ0) is 9.72. The van der Waals surface area contributed by atoms with Crippen LogP contribution >= 0.6 is 0 Å². The maximum absolute atomic E-state index is 9.86. The molecule has 0 rings (SSSR count). The Balaban J connectivity index is 4.07. The first-order chi connectivity index (χ1) is 5.54. The molecule has 0 radical (unpaired) electrons. The van der Waals surface area contributed by atoms with Crippen molar-refractivity contribution in [3.63, 3.8) is 0 Å². The van der Waals surface area contributed by atoms with Gasteiger partial charge in [-0.2, -0.15) is 0 Å². The number of aliphatic hydroxyl groups excluding tert-OH is 4. The number of hydrogen-bond donors (Lipinski definition) is 5. The van der Waals surface area contributed by atoms with E-state index in [1.54, 1.807) is 0 Å². The fraction of sp³-hybridized carbons (Fsp3) is 0.800. The maximum atomic E-state index is 9.86. The molecule has 0 heterocycles. The van der Waals surface area contributed by atoms with Gasteiger partial charge in [0.05, 0.1) is 0 Å². The zero-order valence-corrected chi connectivity index (χ0v) is 5.94. The van der Waals surface area contributed by atoms with Crippen LogP contribution in [0.5, 0.6) is 0 Å². The van der Waals surface area contributed by atoms with Crippen LogP contribution in [0.4, 0.5) is 0 Å². The summed E-state index contributed by atoms with van der Waals surface area (Å²) in [5.74, 6) is 0. The summed E-state index contributed by atoms with van der Waals surface area (Å²) < 4.78 is 0. The molecule has 4 atom stereocenters. The van der Waals surface area contributed by atoms with Crippen molar-refractivity contribution < 1.29 is 35.4 Å². The second-order valence-electron chi connectivity index (χ2n) is 2.10. The molecular formula is C5H10O7. The smallest absolute Gasteiger partial charge is 0.217 e. The number of hydrogen-bond acceptors (Lipinski definition) is 7. The Kier molecular flexibility index (Phi) is 4.90. The van der Waals surface area contributed by atoms with Gasteiger partial charge < -0.3 is 25.2 Å². The normalized spacial score (nSPS) is 21.1. The fourth-order valence-electron chi connectivity index (χ4n) is 0.514. The second-order valence-corrected chi connectivity index (χ2v) is 2.10. The Morgan fingerprint density at radius 2 is 1.58 bits per heavy atom. The van der Waals surface area contributed by atoms with Crippen molar-refractivity contribution in [2.75, 3.05) is 0 Å². The van der Waals surface area contributed by atoms with E-state index < -0.39 is 24.6 Å². The predicted molar refractivity (Wildman–Crippen MR) is 33.8 cm³/mol. The molecule has 0 aromatic carbocycles. The minimum Gasteiger partial charge on any atom is -0.387 e. The average Bonchev–Trinajstić information content (AvgIpc) is 2.12. The molecule has 0 aromatic rings. The second kappa shape index (κ2) is 5.14. The van der Waals surface area contributed by atoms with Gasteiger partial charge in [0.2, 0.25) is 6.29 Å². The van der Waals surface area contributed by atoms with Gasteiger partial charge in [-0.05, 0) is 0 Å². The summed E-state index contributed by atoms with van der Waals surface area (Å²) in [5, 5.41) is 42.6. The van der Waals surface area contributed by atoms with Crippen molar-refractivity contribution in [3.05, 3.63) is 0 Å². The van der Waals surface area contributed by atoms with Crippen LogP contribution in [0.2, 0.25) is 0 Å². The molecule has 4 unspecified atom stereocenters. The minimum absolute atomic E-state index is 0.0298. The predicted octanol–water partition coefficient (Wildman–Crippen LogP) is -2.92. The summed E-state index contributed by atoms with van der Waals surface area (Å²) >= 11 is 0. The fourth-order valence-corrected chi connectivity index (χ4v) is 0.514. The lowest BCUT2D eigenvalue weighted by atomic mass is 10.1. The van der Waals surface area contributed by atoms with E-state index in [9.17, 15) is 4.79 Å². The molecular weight excluding hydrogens is 172 g/mol. The van der Waals surface area contributed by atoms with Crippen LogP contribution in [0.1, 0.15) is 0 Å². The molecule has 72 valence electrons. The van der Waals surface area contributed by atoms with E-state index in [1.807, 2.05) is 0 Å². The Bertz CT molecular complexity index is 138. The Hall–Kier alpha value is -0.570. The van der Waals surface area contributed by atoms with Crippen LogP contribution in [0.15, 0.2) is 0 Å². The quantitative estimate of drug-likeness (QED) is 0.133. The first kappa shape index (κ1) is 11.4. The van der Waals surface area contributed by atoms with Crippen molar-refractivity contribution in [1.82, 2.24) is 0 Å². The first-order valence-electron chi connectivity index (χ1n) is 3.02. The van der Waals surface area contributed by atoms with Gasteiger partial charge in [-0.1, -0.05) is 0 Å². The molecule has 0 amide bonds. The number of rotatable bonds is 5. The Morgan fingerprint density at radius 3 is 1.92 bits per heavy atom. The monoisotopic (exact) mass is 182 g/mol. The lowest BCUT2D eigenvalue weighted by Crippen LogP contribution is -2.45. The molecule has 0 saturated heterocycles. The lowest BCUT2D eigenvalue weighted by molar-refractivity contribution is -0.362. The van der Waals surface area contributed by atoms with Crippen LogP contribution in [0.25, 0.3) is 0 Å². The largest absolute Gasteiger partial charge is 0.387 e. The molecule has 0 fully saturated rings. The summed E-state index contributed by atoms with van der Waals surface area (Å²) in [6.07, 6.45) is -7.82. The molecule has 7 nitrogen and oxygen atoms in total. The van der Waals surface area contributed by atoms with E-state index in [2.05, 4.69) is 4.89 Å². The number of carbonyl (C=O) groups is 1. The number of aliphatic hydroxyl groups is 4. The third-order valence-corrected chi connectivity index (χ3v) is 1.24. The third-order valence-electron chi connectivity index (χ3n) is 1.24. The van der Waals surface area contributed by atoms with Gasteiger partial charge in [0.15, 0.2) is 6.29 Å². The number of aldehydes is 1. The minimum atomic E-state index is -2.07. The zero-order valence-electron chi connectivity index (χ0n) is 5.94. The summed E-state index contributed by atoms with van der Waals surface area (Å²) in [7, 11) is 0. The van der Waals surface area contributed by atoms with Gasteiger partial charge in [-0.3, -0.25) is 0 Å². The standard InChI is InChI=1S/C5H10O7/c6-1-2(7)3(8)4(9)5(10)12-11/h1-5,7-11H. The van der Waals surface area contributed by atoms with Crippen molar-refractivity contribution in [2.45, 2.75) is 24.6 Å². The van der Waals surface area contributed by atoms with Gasteiger partial charge in [-0.25, -0.2) is 10.1 Å². The van der Waals surface area contributed by atoms with Crippen molar-refractivity contribution in [2.24, 2.45) is 0 Å². The van der Waals surface area contributed by atoms with E-state index in [1.165, 1.54) is 0 Å². The van der Waals surface area contributed by atoms with Gasteiger partial charge in [0.25, 0.3) is 0 Å². The topological polar surface area (TPSA) is 127 Å². The molecule has 0 aromatic heterocycles. The molecule has 12 heavy (non-hydrogen) atoms. The Morgan fingerprint density at radius 1 is 1.08 bits per heavy atom. The highest BCUT2D eigenvalue weighted by Gasteiger charge is 2.30. The maximum Gasteiger partial charge on any atom is 0.217 e. The van der Waals surface area contributed by atoms with Crippen LogP contribution < -0.4 is 0 Å². The first-order valence-corrected chi connectivity index (χ1v) is 3.02. The molecule has 0 aliphatic heterocycles. The van der Waals surface area contributed by atoms with Crippen molar-refractivity contribution in [3.8, 4) is 0 Å². The van der Waals surface area contributed by atoms with Gasteiger partial charge in [0.1, 0.15) is 18.3 Å². The highest BCUT2D eigenvalue weighted by molar-refractivity contribution is 5.56. The molecule has 0 bridgehead atoms. The van der Waals surface area contributed by atoms with Crippen molar-refractivity contribution >= 4 is 6.29 Å². The summed E-state index contributed by atoms with van der Waals surface area (Å²) in [4.78, 5) is 13.1. The summed E-state index contributed by atoms with van der Waals surface area (Å²) in [6, 6.07) is 0. The molecule has 7 heteroatoms. The van der Waals surface area contributed by atoms with Crippen LogP contribution in [0, 0.1) is 0 Å². The highest BCUT2D eigenvalue weighted by atomic mass is 17.1. The van der Waals surface area contributed by atoms with E-state index in [0.717, 1.165) is 0 Å². The van der Waals surface area contributed by atoms with E-state index in [-0.39, 0.29) is 6.29 Å². The molecule has 5 N–H and O–H groups in total. The van der Waals surface area contributed by atoms with E-state index >= 15 is 0 Å². The van der Waals surface area contributed by atoms with E-state index in [0.29, 0.717) is 0 Å². The van der Waals surface area contributed by atoms with Crippen LogP contribution in [-0.4, -0.2) is 56.6 Å². The highest BCUT2D eigenvalue weighted by Crippen LogP contribution is 2.03. The lowest BCUT2D eigenvalue weighted by Gasteiger charge is -2.21. The van der Waals surface area contributed by atoms with Gasteiger partial charge >= 0.3 is 0 Å². The molecule has 0 aliphatic rings. The van der Waals surface area contributed by atoms with E-state index in [4.69, 9.17) is 25.7 Å². The molecule has 0 aliphatic carbocycles. The molecule has 0 saturated carbocycles. The van der Waals surface area contributed by atoms with Crippen LogP contribution in [-0.2, 0) is 9.68 Å². The Labute approximate surface area is 67.4 Å². The SMILES string of the molecule is O=CC(O)C(O)C(O)C(O)OO. The molecule has 0 spiro atoms. The van der Waals surface area contributed by atoms with Gasteiger partial charge in [-0.15, -0.1) is 0 Å². The van der Waals surface area contributed by atoms with Crippen LogP contribution in [0.3, 0.4) is 0 Å². The third kappa shape index (κ3) is 2.81. The number of carbonyl (C=O) groups excluding carboxylic acids is 1. The summed E-state index contributed by atoms with van der Waals surface area (Å²) in [5.41, 5.74) is 0. The summed E-state index contributed by atoms with van der Waals surface area (Å²) in [6.45, 7) is 0. The van der Waals surface area contributed by atoms with Crippen molar-refractivity contribution in [1.29, 1.82) is 0 Å². The van der Waals surface area contributed by atoms with Gasteiger partial charge in [0, 0.05) is 0 Å².